The number of fused-ring (bicyclic) bond motifs is 1. The average Bonchev–Trinajstić information content (AvgIpc) is 3.17. The third-order valence-electron chi connectivity index (χ3n) is 3.93. The number of nitrogens with zero attached hydrogens (tertiary/aromatic N) is 1. The molecule has 0 saturated carbocycles. The van der Waals surface area contributed by atoms with Crippen molar-refractivity contribution in [3.63, 3.8) is 0 Å². The maximum atomic E-state index is 12.6. The summed E-state index contributed by atoms with van der Waals surface area (Å²) in [7, 11) is 0. The van der Waals surface area contributed by atoms with E-state index in [0.717, 1.165) is 5.69 Å². The van der Waals surface area contributed by atoms with Gasteiger partial charge in [-0.05, 0) is 24.3 Å². The van der Waals surface area contributed by atoms with Crippen molar-refractivity contribution in [2.75, 3.05) is 17.1 Å². The number of nitrogens with one attached hydrogen (secondary N) is 2. The molecule has 1 fully saturated rings. The van der Waals surface area contributed by atoms with Gasteiger partial charge in [-0.2, -0.15) is 0 Å². The smallest absolute Gasteiger partial charge is 0.253 e. The van der Waals surface area contributed by atoms with Gasteiger partial charge >= 0.3 is 0 Å². The first-order chi connectivity index (χ1) is 11.7. The Bertz CT molecular complexity index is 794. The van der Waals surface area contributed by atoms with Crippen LogP contribution in [0.4, 0.5) is 11.4 Å². The molecule has 2 aromatic carbocycles. The fourth-order valence-electron chi connectivity index (χ4n) is 2.73. The molecule has 2 N–H and O–H groups in total. The largest absolute Gasteiger partial charge is 0.454 e. The van der Waals surface area contributed by atoms with Crippen LogP contribution < -0.4 is 25.2 Å². The standard InChI is InChI=1S/C17H15N3O4/c21-16-9-13(19-18-11-4-2-1-3-5-11)17(22)20(16)12-6-7-14-15(8-12)24-10-23-14/h1-8,13,18-19H,9-10H2/t13-/m0/s1. The van der Waals surface area contributed by atoms with E-state index in [2.05, 4.69) is 10.9 Å². The molecule has 0 radical (unpaired) electrons. The molecule has 24 heavy (non-hydrogen) atoms. The van der Waals surface area contributed by atoms with Gasteiger partial charge in [0, 0.05) is 11.8 Å². The van der Waals surface area contributed by atoms with Crippen molar-refractivity contribution in [1.29, 1.82) is 0 Å². The van der Waals surface area contributed by atoms with E-state index in [1.165, 1.54) is 4.90 Å². The summed E-state index contributed by atoms with van der Waals surface area (Å²) in [5.74, 6) is 0.582. The SMILES string of the molecule is O=C1C[C@H](NNc2ccccc2)C(=O)N1c1ccc2c(c1)OCO2. The number of imide groups is 1. The Labute approximate surface area is 138 Å². The summed E-state index contributed by atoms with van der Waals surface area (Å²) < 4.78 is 10.5. The predicted molar refractivity (Wildman–Crippen MR) is 86.7 cm³/mol. The minimum atomic E-state index is -0.622. The first-order valence-electron chi connectivity index (χ1n) is 7.55. The van der Waals surface area contributed by atoms with Crippen LogP contribution in [0.2, 0.25) is 0 Å². The Balaban J connectivity index is 1.49. The quantitative estimate of drug-likeness (QED) is 0.657. The minimum absolute atomic E-state index is 0.0904. The van der Waals surface area contributed by atoms with Crippen LogP contribution in [0.15, 0.2) is 48.5 Å². The molecule has 2 amide bonds. The highest BCUT2D eigenvalue weighted by Crippen LogP contribution is 2.36. The average molecular weight is 325 g/mol. The van der Waals surface area contributed by atoms with Gasteiger partial charge in [-0.15, -0.1) is 0 Å². The highest BCUT2D eigenvalue weighted by atomic mass is 16.7. The van der Waals surface area contributed by atoms with Gasteiger partial charge in [0.25, 0.3) is 5.91 Å². The van der Waals surface area contributed by atoms with Crippen molar-refractivity contribution in [2.45, 2.75) is 12.5 Å². The van der Waals surface area contributed by atoms with Gasteiger partial charge in [-0.1, -0.05) is 18.2 Å². The second-order valence-electron chi connectivity index (χ2n) is 5.50. The summed E-state index contributed by atoms with van der Waals surface area (Å²) >= 11 is 0. The van der Waals surface area contributed by atoms with Gasteiger partial charge in [0.05, 0.1) is 12.1 Å². The van der Waals surface area contributed by atoms with Crippen LogP contribution in [0.3, 0.4) is 0 Å². The van der Waals surface area contributed by atoms with Gasteiger partial charge in [-0.25, -0.2) is 10.3 Å². The number of hydrazine groups is 1. The maximum absolute atomic E-state index is 12.6. The second kappa shape index (κ2) is 5.86. The molecule has 0 bridgehead atoms. The monoisotopic (exact) mass is 325 g/mol. The first kappa shape index (κ1) is 14.5. The third kappa shape index (κ3) is 2.55. The van der Waals surface area contributed by atoms with E-state index in [0.29, 0.717) is 17.2 Å². The molecule has 0 unspecified atom stereocenters. The van der Waals surface area contributed by atoms with E-state index in [1.54, 1.807) is 18.2 Å². The summed E-state index contributed by atoms with van der Waals surface area (Å²) in [4.78, 5) is 26.0. The van der Waals surface area contributed by atoms with Crippen LogP contribution >= 0.6 is 0 Å². The summed E-state index contributed by atoms with van der Waals surface area (Å²) in [5, 5.41) is 0. The number of hydrogen-bond donors (Lipinski definition) is 2. The highest BCUT2D eigenvalue weighted by Gasteiger charge is 2.40. The molecule has 2 aromatic rings. The first-order valence-corrected chi connectivity index (χ1v) is 7.55. The Morgan fingerprint density at radius 3 is 2.62 bits per heavy atom. The summed E-state index contributed by atoms with van der Waals surface area (Å²) in [6.07, 6.45) is 0.0904. The molecule has 0 spiro atoms. The number of para-hydroxylation sites is 1. The van der Waals surface area contributed by atoms with Crippen molar-refractivity contribution < 1.29 is 19.1 Å². The number of ether oxygens (including phenoxy) is 2. The zero-order chi connectivity index (χ0) is 16.5. The molecule has 0 aromatic heterocycles. The lowest BCUT2D eigenvalue weighted by molar-refractivity contribution is -0.121. The molecular formula is C17H15N3O4. The Hall–Kier alpha value is -3.06. The highest BCUT2D eigenvalue weighted by molar-refractivity contribution is 6.22. The van der Waals surface area contributed by atoms with Crippen LogP contribution in [0.25, 0.3) is 0 Å². The Kier molecular flexibility index (Phi) is 3.55. The Morgan fingerprint density at radius 1 is 1.00 bits per heavy atom. The summed E-state index contributed by atoms with van der Waals surface area (Å²) in [6.45, 7) is 0.145. The number of carbonyl (C=O) groups excluding carboxylic acids is 2. The number of rotatable bonds is 4. The summed E-state index contributed by atoms with van der Waals surface area (Å²) in [6, 6.07) is 13.8. The number of carbonyl (C=O) groups is 2. The number of anilines is 2. The molecule has 1 atom stereocenters. The van der Waals surface area contributed by atoms with Crippen molar-refractivity contribution >= 4 is 23.2 Å². The molecule has 0 aliphatic carbocycles. The molecule has 2 aliphatic heterocycles. The van der Waals surface area contributed by atoms with Crippen LogP contribution in [-0.2, 0) is 9.59 Å². The van der Waals surface area contributed by atoms with E-state index in [4.69, 9.17) is 9.47 Å². The molecule has 1 saturated heterocycles. The lowest BCUT2D eigenvalue weighted by Crippen LogP contribution is -2.41. The fourth-order valence-corrected chi connectivity index (χ4v) is 2.73. The Morgan fingerprint density at radius 2 is 1.79 bits per heavy atom. The zero-order valence-electron chi connectivity index (χ0n) is 12.7. The van der Waals surface area contributed by atoms with Crippen molar-refractivity contribution in [2.24, 2.45) is 0 Å². The lowest BCUT2D eigenvalue weighted by atomic mass is 10.2. The summed E-state index contributed by atoms with van der Waals surface area (Å²) in [5.41, 5.74) is 7.17. The predicted octanol–water partition coefficient (Wildman–Crippen LogP) is 1.66. The molecule has 122 valence electrons. The lowest BCUT2D eigenvalue weighted by Gasteiger charge is -2.16. The second-order valence-corrected chi connectivity index (χ2v) is 5.50. The number of hydrogen-bond acceptors (Lipinski definition) is 6. The third-order valence-corrected chi connectivity index (χ3v) is 3.93. The number of benzene rings is 2. The van der Waals surface area contributed by atoms with Crippen molar-refractivity contribution in [3.05, 3.63) is 48.5 Å². The van der Waals surface area contributed by atoms with Gasteiger partial charge in [0.1, 0.15) is 6.04 Å². The molecule has 7 nitrogen and oxygen atoms in total. The maximum Gasteiger partial charge on any atom is 0.253 e. The molecular weight excluding hydrogens is 310 g/mol. The minimum Gasteiger partial charge on any atom is -0.454 e. The van der Waals surface area contributed by atoms with Crippen molar-refractivity contribution in [3.8, 4) is 11.5 Å². The van der Waals surface area contributed by atoms with Crippen LogP contribution in [0.5, 0.6) is 11.5 Å². The number of amides is 2. The van der Waals surface area contributed by atoms with E-state index < -0.39 is 6.04 Å². The van der Waals surface area contributed by atoms with Crippen LogP contribution in [0, 0.1) is 0 Å². The van der Waals surface area contributed by atoms with E-state index in [-0.39, 0.29) is 25.0 Å². The van der Waals surface area contributed by atoms with Gasteiger partial charge in [0.15, 0.2) is 11.5 Å². The van der Waals surface area contributed by atoms with Gasteiger partial charge < -0.3 is 14.9 Å². The van der Waals surface area contributed by atoms with Crippen LogP contribution in [0.1, 0.15) is 6.42 Å². The van der Waals surface area contributed by atoms with Crippen LogP contribution in [-0.4, -0.2) is 24.6 Å². The van der Waals surface area contributed by atoms with E-state index in [1.807, 2.05) is 30.3 Å². The molecule has 2 aliphatic rings. The van der Waals surface area contributed by atoms with Crippen molar-refractivity contribution in [1.82, 2.24) is 5.43 Å². The normalized spacial score (nSPS) is 19.0. The zero-order valence-corrected chi connectivity index (χ0v) is 12.7. The topological polar surface area (TPSA) is 79.9 Å². The fraction of sp³-hybridized carbons (Fsp3) is 0.176. The molecule has 4 rings (SSSR count). The molecule has 2 heterocycles. The molecule has 7 heteroatoms. The van der Waals surface area contributed by atoms with Gasteiger partial charge in [0.2, 0.25) is 12.7 Å². The van der Waals surface area contributed by atoms with E-state index >= 15 is 0 Å². The van der Waals surface area contributed by atoms with E-state index in [9.17, 15) is 9.59 Å². The van der Waals surface area contributed by atoms with Gasteiger partial charge in [-0.3, -0.25) is 9.59 Å².